The normalized spacial score (nSPS) is 28.5. The van der Waals surface area contributed by atoms with Crippen LogP contribution in [0.5, 0.6) is 0 Å². The molecule has 150 valence electrons. The number of hydrogen-bond donors (Lipinski definition) is 6. The van der Waals surface area contributed by atoms with Crippen LogP contribution in [0.1, 0.15) is 6.23 Å². The summed E-state index contributed by atoms with van der Waals surface area (Å²) in [6.07, 6.45) is -2.83. The second-order valence-electron chi connectivity index (χ2n) is 5.61. The third-order valence-electron chi connectivity index (χ3n) is 3.71. The highest BCUT2D eigenvalue weighted by Gasteiger charge is 2.46. The lowest BCUT2D eigenvalue weighted by Gasteiger charge is -2.17. The number of anilines is 1. The Labute approximate surface area is 151 Å². The van der Waals surface area contributed by atoms with E-state index in [1.54, 1.807) is 0 Å². The maximum absolute atomic E-state index is 11.5. The maximum atomic E-state index is 11.5. The van der Waals surface area contributed by atoms with Crippen molar-refractivity contribution in [3.63, 3.8) is 0 Å². The number of rotatable bonds is 6. The number of hydrogen-bond acceptors (Lipinski definition) is 10. The Hall–Kier alpha value is -1.44. The molecule has 14 nitrogen and oxygen atoms in total. The Balaban J connectivity index is 1.75. The number of aliphatic hydroxyl groups is 2. The Morgan fingerprint density at radius 1 is 1.22 bits per heavy atom. The van der Waals surface area contributed by atoms with Gasteiger partial charge < -0.3 is 35.4 Å². The van der Waals surface area contributed by atoms with E-state index >= 15 is 0 Å². The van der Waals surface area contributed by atoms with Crippen molar-refractivity contribution in [3.8, 4) is 0 Å². The van der Waals surface area contributed by atoms with Crippen molar-refractivity contribution in [2.75, 3.05) is 12.3 Å². The first kappa shape index (κ1) is 20.3. The summed E-state index contributed by atoms with van der Waals surface area (Å²) in [6.45, 7) is -0.801. The molecule has 0 amide bonds. The number of phosphoric acid groups is 2. The number of nitrogens with zero attached hydrogens (tertiary/aromatic N) is 3. The number of nitrogen functional groups attached to an aromatic ring is 1. The van der Waals surface area contributed by atoms with Crippen molar-refractivity contribution in [1.82, 2.24) is 14.5 Å². The van der Waals surface area contributed by atoms with E-state index in [4.69, 9.17) is 20.3 Å². The molecule has 27 heavy (non-hydrogen) atoms. The first-order valence-electron chi connectivity index (χ1n) is 7.31. The average Bonchev–Trinajstić information content (AvgIpc) is 3.07. The van der Waals surface area contributed by atoms with Crippen LogP contribution in [0.3, 0.4) is 0 Å². The van der Waals surface area contributed by atoms with E-state index in [1.165, 1.54) is 23.2 Å². The van der Waals surface area contributed by atoms with Gasteiger partial charge >= 0.3 is 15.6 Å². The average molecular weight is 426 g/mol. The van der Waals surface area contributed by atoms with E-state index in [2.05, 4.69) is 18.8 Å². The topological polar surface area (TPSA) is 220 Å². The minimum atomic E-state index is -5.28. The number of fused-ring (bicyclic) bond motifs is 1. The molecule has 1 aliphatic heterocycles. The Kier molecular flexibility index (Phi) is 5.40. The molecule has 0 spiro atoms. The fourth-order valence-corrected chi connectivity index (χ4v) is 4.16. The number of aromatic nitrogens is 3. The van der Waals surface area contributed by atoms with Gasteiger partial charge in [0.25, 0.3) is 0 Å². The highest BCUT2D eigenvalue weighted by molar-refractivity contribution is 7.60. The van der Waals surface area contributed by atoms with Crippen LogP contribution in [0.4, 0.5) is 5.69 Å². The van der Waals surface area contributed by atoms with E-state index in [1.807, 2.05) is 0 Å². The smallest absolute Gasteiger partial charge is 0.397 e. The lowest BCUT2D eigenvalue weighted by Crippen LogP contribution is -2.33. The van der Waals surface area contributed by atoms with Gasteiger partial charge in [0, 0.05) is 6.20 Å². The van der Waals surface area contributed by atoms with Crippen LogP contribution in [0.25, 0.3) is 11.2 Å². The number of imidazole rings is 1. The van der Waals surface area contributed by atoms with Crippen LogP contribution in [-0.4, -0.2) is 64.3 Å². The Morgan fingerprint density at radius 3 is 2.59 bits per heavy atom. The summed E-state index contributed by atoms with van der Waals surface area (Å²) in [5.41, 5.74) is 6.73. The molecule has 1 unspecified atom stereocenters. The molecule has 0 aliphatic carbocycles. The van der Waals surface area contributed by atoms with E-state index in [0.29, 0.717) is 11.2 Å². The molecular weight excluding hydrogens is 410 g/mol. The van der Waals surface area contributed by atoms with Crippen LogP contribution in [-0.2, 0) is 22.7 Å². The molecule has 16 heteroatoms. The van der Waals surface area contributed by atoms with Gasteiger partial charge in [-0.2, -0.15) is 4.31 Å². The number of nitrogens with two attached hydrogens (primary N) is 1. The van der Waals surface area contributed by atoms with Gasteiger partial charge in [0.2, 0.25) is 0 Å². The number of ether oxygens (including phenoxy) is 1. The monoisotopic (exact) mass is 426 g/mol. The van der Waals surface area contributed by atoms with Gasteiger partial charge in [-0.15, -0.1) is 0 Å². The summed E-state index contributed by atoms with van der Waals surface area (Å²) in [5.74, 6) is 0. The molecule has 5 atom stereocenters. The molecule has 3 heterocycles. The van der Waals surface area contributed by atoms with Gasteiger partial charge in [0.15, 0.2) is 11.9 Å². The summed E-state index contributed by atoms with van der Waals surface area (Å²) in [5, 5.41) is 20.3. The lowest BCUT2D eigenvalue weighted by molar-refractivity contribution is -0.0503. The molecule has 7 N–H and O–H groups in total. The zero-order chi connectivity index (χ0) is 20.0. The molecule has 1 fully saturated rings. The van der Waals surface area contributed by atoms with E-state index in [9.17, 15) is 24.2 Å². The summed E-state index contributed by atoms with van der Waals surface area (Å²) >= 11 is 0. The zero-order valence-electron chi connectivity index (χ0n) is 13.3. The minimum Gasteiger partial charge on any atom is -0.397 e. The van der Waals surface area contributed by atoms with Crippen molar-refractivity contribution >= 4 is 32.5 Å². The maximum Gasteiger partial charge on any atom is 0.481 e. The molecule has 0 saturated carbocycles. The first-order chi connectivity index (χ1) is 12.5. The molecule has 3 rings (SSSR count). The van der Waals surface area contributed by atoms with Gasteiger partial charge in [-0.05, 0) is 6.07 Å². The summed E-state index contributed by atoms with van der Waals surface area (Å²) < 4.78 is 36.9. The van der Waals surface area contributed by atoms with Crippen molar-refractivity contribution in [2.24, 2.45) is 0 Å². The van der Waals surface area contributed by atoms with Crippen molar-refractivity contribution < 1.29 is 47.6 Å². The lowest BCUT2D eigenvalue weighted by atomic mass is 10.1. The standard InChI is InChI=1S/C11H16N4O10P2/c12-5-1-2-13-10-7(5)14-4-15(10)11-9(17)8(16)6(24-11)3-23-27(21,22)25-26(18,19)20/h1-2,4,6,8-9,11,16-17H,3H2,(H2,12,13)(H,21,22)(H2,18,19,20)/t6-,8-,9-,11-/m1/s1. The fraction of sp³-hybridized carbons (Fsp3) is 0.455. The Morgan fingerprint density at radius 2 is 1.93 bits per heavy atom. The summed E-state index contributed by atoms with van der Waals surface area (Å²) in [4.78, 5) is 34.5. The van der Waals surface area contributed by atoms with Gasteiger partial charge in [0.1, 0.15) is 23.8 Å². The van der Waals surface area contributed by atoms with Crippen LogP contribution in [0.15, 0.2) is 18.6 Å². The van der Waals surface area contributed by atoms with E-state index in [-0.39, 0.29) is 5.65 Å². The van der Waals surface area contributed by atoms with Gasteiger partial charge in [0.05, 0.1) is 18.6 Å². The van der Waals surface area contributed by atoms with Crippen molar-refractivity contribution in [2.45, 2.75) is 24.5 Å². The second kappa shape index (κ2) is 7.18. The molecule has 0 radical (unpaired) electrons. The SMILES string of the molecule is Nc1ccnc2c1ncn2[C@@H]1O[C@H](COP(=O)(O)OP(=O)(O)O)[C@@H](O)[C@H]1O. The molecule has 0 bridgehead atoms. The number of pyridine rings is 1. The number of phosphoric ester groups is 1. The van der Waals surface area contributed by atoms with Gasteiger partial charge in [-0.25, -0.2) is 19.1 Å². The molecule has 1 aliphatic rings. The third kappa shape index (κ3) is 4.36. The molecule has 0 aromatic carbocycles. The molecule has 2 aromatic rings. The second-order valence-corrected chi connectivity index (χ2v) is 8.44. The van der Waals surface area contributed by atoms with Crippen LogP contribution < -0.4 is 5.73 Å². The summed E-state index contributed by atoms with van der Waals surface area (Å²) in [6, 6.07) is 1.52. The molecular formula is C11H16N4O10P2. The van der Waals surface area contributed by atoms with Gasteiger partial charge in [-0.1, -0.05) is 0 Å². The fourth-order valence-electron chi connectivity index (χ4n) is 2.56. The Bertz CT molecular complexity index is 931. The van der Waals surface area contributed by atoms with E-state index in [0.717, 1.165) is 0 Å². The predicted molar refractivity (Wildman–Crippen MR) is 86.8 cm³/mol. The minimum absolute atomic E-state index is 0.269. The first-order valence-corrected chi connectivity index (χ1v) is 10.3. The molecule has 2 aromatic heterocycles. The highest BCUT2D eigenvalue weighted by atomic mass is 31.3. The third-order valence-corrected chi connectivity index (χ3v) is 5.87. The van der Waals surface area contributed by atoms with Gasteiger partial charge in [-0.3, -0.25) is 9.09 Å². The van der Waals surface area contributed by atoms with E-state index < -0.39 is 46.8 Å². The molecule has 1 saturated heterocycles. The zero-order valence-corrected chi connectivity index (χ0v) is 15.1. The van der Waals surface area contributed by atoms with Crippen LogP contribution in [0, 0.1) is 0 Å². The van der Waals surface area contributed by atoms with Crippen LogP contribution in [0.2, 0.25) is 0 Å². The summed E-state index contributed by atoms with van der Waals surface area (Å²) in [7, 11) is -10.4. The predicted octanol–water partition coefficient (Wildman–Crippen LogP) is -1.14. The van der Waals surface area contributed by atoms with Crippen molar-refractivity contribution in [3.05, 3.63) is 18.6 Å². The van der Waals surface area contributed by atoms with Crippen molar-refractivity contribution in [1.29, 1.82) is 0 Å². The quantitative estimate of drug-likeness (QED) is 0.301. The highest BCUT2D eigenvalue weighted by Crippen LogP contribution is 2.57. The van der Waals surface area contributed by atoms with Crippen LogP contribution >= 0.6 is 15.6 Å². The largest absolute Gasteiger partial charge is 0.481 e. The number of aliphatic hydroxyl groups excluding tert-OH is 2.